The first-order valence-corrected chi connectivity index (χ1v) is 9.70. The first kappa shape index (κ1) is 20.8. The summed E-state index contributed by atoms with van der Waals surface area (Å²) >= 11 is 1.38. The van der Waals surface area contributed by atoms with Crippen LogP contribution in [0.4, 0.5) is 4.79 Å². The van der Waals surface area contributed by atoms with Crippen LogP contribution < -0.4 is 10.6 Å². The number of amides is 2. The Bertz CT molecular complexity index is 720. The number of carbonyl (C=O) groups excluding carboxylic acids is 3. The maximum atomic E-state index is 12.3. The molecule has 7 nitrogen and oxygen atoms in total. The van der Waals surface area contributed by atoms with E-state index in [1.54, 1.807) is 13.8 Å². The molecule has 27 heavy (non-hydrogen) atoms. The van der Waals surface area contributed by atoms with E-state index in [4.69, 9.17) is 9.47 Å². The molecule has 0 aromatic heterocycles. The molecular formula is C19H24N2O5S. The van der Waals surface area contributed by atoms with Crippen molar-refractivity contribution >= 4 is 29.7 Å². The number of carbonyl (C=O) groups is 3. The summed E-state index contributed by atoms with van der Waals surface area (Å²) in [6.45, 7) is 5.31. The van der Waals surface area contributed by atoms with Crippen LogP contribution in [0.5, 0.6) is 0 Å². The van der Waals surface area contributed by atoms with E-state index >= 15 is 0 Å². The number of urea groups is 1. The third kappa shape index (κ3) is 5.75. The van der Waals surface area contributed by atoms with Gasteiger partial charge in [0.05, 0.1) is 23.9 Å². The maximum absolute atomic E-state index is 12.3. The molecule has 1 heterocycles. The number of benzene rings is 1. The van der Waals surface area contributed by atoms with Crippen molar-refractivity contribution in [2.45, 2.75) is 43.4 Å². The van der Waals surface area contributed by atoms with Gasteiger partial charge < -0.3 is 20.1 Å². The predicted octanol–water partition coefficient (Wildman–Crippen LogP) is 2.62. The molecule has 1 aromatic carbocycles. The Morgan fingerprint density at radius 1 is 1.19 bits per heavy atom. The number of hydrogen-bond donors (Lipinski definition) is 2. The molecule has 2 rings (SSSR count). The molecule has 0 saturated heterocycles. The Labute approximate surface area is 162 Å². The molecule has 0 bridgehead atoms. The highest BCUT2D eigenvalue weighted by Crippen LogP contribution is 2.24. The molecule has 0 radical (unpaired) electrons. The van der Waals surface area contributed by atoms with Crippen LogP contribution in [-0.2, 0) is 19.1 Å². The summed E-state index contributed by atoms with van der Waals surface area (Å²) in [6, 6.07) is 8.60. The minimum absolute atomic E-state index is 0.198. The normalized spacial score (nSPS) is 17.6. The number of rotatable bonds is 8. The molecule has 1 aliphatic heterocycles. The molecule has 8 heteroatoms. The highest BCUT2D eigenvalue weighted by molar-refractivity contribution is 8.00. The van der Waals surface area contributed by atoms with E-state index in [1.165, 1.54) is 11.8 Å². The van der Waals surface area contributed by atoms with Gasteiger partial charge in [0, 0.05) is 4.90 Å². The fraction of sp³-hybridized carbons (Fsp3) is 0.421. The van der Waals surface area contributed by atoms with Crippen LogP contribution in [-0.4, -0.2) is 42.5 Å². The van der Waals surface area contributed by atoms with Gasteiger partial charge in [-0.1, -0.05) is 25.1 Å². The van der Waals surface area contributed by atoms with Gasteiger partial charge in [0.25, 0.3) is 0 Å². The average molecular weight is 392 g/mol. The van der Waals surface area contributed by atoms with Crippen LogP contribution in [0.15, 0.2) is 46.5 Å². The average Bonchev–Trinajstić information content (AvgIpc) is 2.66. The molecule has 2 atom stereocenters. The van der Waals surface area contributed by atoms with Crippen molar-refractivity contribution in [2.75, 3.05) is 13.2 Å². The van der Waals surface area contributed by atoms with E-state index in [0.29, 0.717) is 6.42 Å². The number of hydrogen-bond acceptors (Lipinski definition) is 6. The summed E-state index contributed by atoms with van der Waals surface area (Å²) < 4.78 is 10.4. The molecule has 2 N–H and O–H groups in total. The lowest BCUT2D eigenvalue weighted by Crippen LogP contribution is -2.51. The fourth-order valence-corrected chi connectivity index (χ4v) is 3.47. The molecule has 0 fully saturated rings. The zero-order valence-electron chi connectivity index (χ0n) is 15.6. The predicted molar refractivity (Wildman–Crippen MR) is 102 cm³/mol. The minimum atomic E-state index is -0.533. The third-order valence-electron chi connectivity index (χ3n) is 3.89. The van der Waals surface area contributed by atoms with Crippen molar-refractivity contribution in [1.82, 2.24) is 10.6 Å². The Morgan fingerprint density at radius 2 is 1.89 bits per heavy atom. The Balaban J connectivity index is 2.08. The van der Waals surface area contributed by atoms with E-state index in [9.17, 15) is 14.4 Å². The van der Waals surface area contributed by atoms with Gasteiger partial charge in [0.2, 0.25) is 0 Å². The Hall–Kier alpha value is -2.48. The molecular weight excluding hydrogens is 368 g/mol. The largest absolute Gasteiger partial charge is 0.463 e. The van der Waals surface area contributed by atoms with E-state index in [2.05, 4.69) is 10.6 Å². The quantitative estimate of drug-likeness (QED) is 0.522. The lowest BCUT2D eigenvalue weighted by Gasteiger charge is -2.28. The second-order valence-corrected chi connectivity index (χ2v) is 7.27. The van der Waals surface area contributed by atoms with Crippen LogP contribution in [0.2, 0.25) is 0 Å². The summed E-state index contributed by atoms with van der Waals surface area (Å²) in [5.74, 6) is -0.963. The number of esters is 2. The summed E-state index contributed by atoms with van der Waals surface area (Å²) in [6.07, 6.45) is 0.513. The van der Waals surface area contributed by atoms with Gasteiger partial charge in [-0.15, -0.1) is 11.8 Å². The van der Waals surface area contributed by atoms with Crippen LogP contribution in [0, 0.1) is 0 Å². The van der Waals surface area contributed by atoms with E-state index in [-0.39, 0.29) is 24.5 Å². The van der Waals surface area contributed by atoms with Gasteiger partial charge in [-0.2, -0.15) is 0 Å². The first-order valence-electron chi connectivity index (χ1n) is 8.82. The van der Waals surface area contributed by atoms with Crippen molar-refractivity contribution in [2.24, 2.45) is 0 Å². The molecule has 146 valence electrons. The van der Waals surface area contributed by atoms with Crippen LogP contribution in [0.25, 0.3) is 0 Å². The SMILES string of the molecule is CCOC(=O)C1=C(COC(=O)[C@@H](C)Sc2ccccc2)NC(=O)N[C@@H]1CC. The smallest absolute Gasteiger partial charge is 0.338 e. The topological polar surface area (TPSA) is 93.7 Å². The van der Waals surface area contributed by atoms with Crippen LogP contribution >= 0.6 is 11.8 Å². The lowest BCUT2D eigenvalue weighted by atomic mass is 10.0. The molecule has 1 aliphatic rings. The summed E-state index contributed by atoms with van der Waals surface area (Å²) in [4.78, 5) is 37.4. The molecule has 2 amide bonds. The first-order chi connectivity index (χ1) is 13.0. The zero-order valence-corrected chi connectivity index (χ0v) is 16.4. The minimum Gasteiger partial charge on any atom is -0.463 e. The van der Waals surface area contributed by atoms with Gasteiger partial charge in [-0.25, -0.2) is 9.59 Å². The Morgan fingerprint density at radius 3 is 2.52 bits per heavy atom. The Kier molecular flexibility index (Phi) is 7.72. The molecule has 0 spiro atoms. The number of nitrogens with one attached hydrogen (secondary N) is 2. The standard InChI is InChI=1S/C19H24N2O5S/c1-4-14-16(18(23)25-5-2)15(21-19(24)20-14)11-26-17(22)12(3)27-13-9-7-6-8-10-13/h6-10,12,14H,4-5,11H2,1-3H3,(H2,20,21,24)/t12-,14-/m1/s1. The second-order valence-electron chi connectivity index (χ2n) is 5.85. The lowest BCUT2D eigenvalue weighted by molar-refractivity contribution is -0.143. The summed E-state index contributed by atoms with van der Waals surface area (Å²) in [5.41, 5.74) is 0.546. The van der Waals surface area contributed by atoms with Gasteiger partial charge in [0.15, 0.2) is 0 Å². The van der Waals surface area contributed by atoms with Gasteiger partial charge in [-0.05, 0) is 32.4 Å². The fourth-order valence-electron chi connectivity index (χ4n) is 2.59. The highest BCUT2D eigenvalue weighted by Gasteiger charge is 2.32. The van der Waals surface area contributed by atoms with Crippen molar-refractivity contribution in [3.8, 4) is 0 Å². The van der Waals surface area contributed by atoms with Gasteiger partial charge in [0.1, 0.15) is 11.9 Å². The van der Waals surface area contributed by atoms with Gasteiger partial charge >= 0.3 is 18.0 Å². The van der Waals surface area contributed by atoms with Gasteiger partial charge in [-0.3, -0.25) is 4.79 Å². The molecule has 0 saturated carbocycles. The second kappa shape index (κ2) is 10.0. The summed E-state index contributed by atoms with van der Waals surface area (Å²) in [7, 11) is 0. The molecule has 0 aliphatic carbocycles. The number of thioether (sulfide) groups is 1. The van der Waals surface area contributed by atoms with E-state index in [0.717, 1.165) is 4.90 Å². The van der Waals surface area contributed by atoms with Crippen LogP contribution in [0.1, 0.15) is 27.2 Å². The van der Waals surface area contributed by atoms with E-state index < -0.39 is 29.3 Å². The summed E-state index contributed by atoms with van der Waals surface area (Å²) in [5, 5.41) is 4.80. The van der Waals surface area contributed by atoms with E-state index in [1.807, 2.05) is 37.3 Å². The number of ether oxygens (including phenoxy) is 2. The highest BCUT2D eigenvalue weighted by atomic mass is 32.2. The molecule has 1 aromatic rings. The third-order valence-corrected chi connectivity index (χ3v) is 4.98. The zero-order chi connectivity index (χ0) is 19.8. The van der Waals surface area contributed by atoms with Crippen molar-refractivity contribution in [3.63, 3.8) is 0 Å². The van der Waals surface area contributed by atoms with Crippen molar-refractivity contribution < 1.29 is 23.9 Å². The molecule has 0 unspecified atom stereocenters. The maximum Gasteiger partial charge on any atom is 0.338 e. The van der Waals surface area contributed by atoms with Crippen LogP contribution in [0.3, 0.4) is 0 Å². The van der Waals surface area contributed by atoms with Crippen molar-refractivity contribution in [3.05, 3.63) is 41.6 Å². The van der Waals surface area contributed by atoms with Crippen molar-refractivity contribution in [1.29, 1.82) is 0 Å². The monoisotopic (exact) mass is 392 g/mol.